The van der Waals surface area contributed by atoms with Crippen LogP contribution in [-0.2, 0) is 9.53 Å². The van der Waals surface area contributed by atoms with E-state index in [1.54, 1.807) is 0 Å². The second kappa shape index (κ2) is 3.59. The lowest BCUT2D eigenvalue weighted by atomic mass is 9.91. The van der Waals surface area contributed by atoms with Crippen LogP contribution in [0.4, 0.5) is 0 Å². The number of carbonyl (C=O) groups excluding carboxylic acids is 1. The largest absolute Gasteiger partial charge is 0.469 e. The minimum atomic E-state index is -0.116. The van der Waals surface area contributed by atoms with Gasteiger partial charge < -0.3 is 4.74 Å². The van der Waals surface area contributed by atoms with Crippen molar-refractivity contribution in [2.24, 2.45) is 5.41 Å². The Morgan fingerprint density at radius 3 is 2.20 bits per heavy atom. The molecule has 0 N–H and O–H groups in total. The van der Waals surface area contributed by atoms with E-state index in [1.807, 2.05) is 0 Å². The van der Waals surface area contributed by atoms with Crippen LogP contribution in [0.1, 0.15) is 33.6 Å². The van der Waals surface area contributed by atoms with E-state index < -0.39 is 0 Å². The third-order valence-electron chi connectivity index (χ3n) is 1.31. The van der Waals surface area contributed by atoms with E-state index in [1.165, 1.54) is 7.11 Å². The van der Waals surface area contributed by atoms with E-state index in [9.17, 15) is 4.79 Å². The lowest BCUT2D eigenvalue weighted by Crippen LogP contribution is -2.09. The Labute approximate surface area is 62.6 Å². The van der Waals surface area contributed by atoms with Crippen molar-refractivity contribution in [1.82, 2.24) is 0 Å². The molecular formula is C8H16O2. The minimum Gasteiger partial charge on any atom is -0.469 e. The number of hydrogen-bond acceptors (Lipinski definition) is 2. The first kappa shape index (κ1) is 9.47. The summed E-state index contributed by atoms with van der Waals surface area (Å²) in [5.41, 5.74) is 0.230. The summed E-state index contributed by atoms with van der Waals surface area (Å²) in [7, 11) is 1.42. The summed E-state index contributed by atoms with van der Waals surface area (Å²) in [6.45, 7) is 6.32. The molecule has 0 aromatic heterocycles. The van der Waals surface area contributed by atoms with Crippen molar-refractivity contribution in [1.29, 1.82) is 0 Å². The predicted octanol–water partition coefficient (Wildman–Crippen LogP) is 1.99. The van der Waals surface area contributed by atoms with Gasteiger partial charge in [-0.1, -0.05) is 20.8 Å². The van der Waals surface area contributed by atoms with Crippen LogP contribution in [0.3, 0.4) is 0 Å². The molecule has 0 aliphatic carbocycles. The summed E-state index contributed by atoms with van der Waals surface area (Å²) in [4.78, 5) is 10.6. The van der Waals surface area contributed by atoms with Crippen molar-refractivity contribution in [2.45, 2.75) is 33.6 Å². The molecule has 0 unspecified atom stereocenters. The van der Waals surface area contributed by atoms with Crippen LogP contribution >= 0.6 is 0 Å². The lowest BCUT2D eigenvalue weighted by Gasteiger charge is -2.16. The fourth-order valence-electron chi connectivity index (χ4n) is 0.579. The molecule has 10 heavy (non-hydrogen) atoms. The van der Waals surface area contributed by atoms with E-state index in [4.69, 9.17) is 0 Å². The number of hydrogen-bond donors (Lipinski definition) is 0. The van der Waals surface area contributed by atoms with Gasteiger partial charge in [-0.25, -0.2) is 0 Å². The number of carbonyl (C=O) groups is 1. The molecule has 2 nitrogen and oxygen atoms in total. The zero-order valence-electron chi connectivity index (χ0n) is 7.23. The van der Waals surface area contributed by atoms with Crippen molar-refractivity contribution < 1.29 is 9.53 Å². The number of methoxy groups -OCH3 is 1. The van der Waals surface area contributed by atoms with Gasteiger partial charge in [-0.2, -0.15) is 0 Å². The molecule has 2 heteroatoms. The highest BCUT2D eigenvalue weighted by Gasteiger charge is 2.12. The zero-order chi connectivity index (χ0) is 8.20. The summed E-state index contributed by atoms with van der Waals surface area (Å²) in [5.74, 6) is -0.116. The van der Waals surface area contributed by atoms with Crippen LogP contribution in [-0.4, -0.2) is 13.1 Å². The molecule has 0 aliphatic heterocycles. The van der Waals surface area contributed by atoms with E-state index in [0.29, 0.717) is 6.42 Å². The Bertz CT molecular complexity index is 111. The quantitative estimate of drug-likeness (QED) is 0.554. The first-order valence-corrected chi connectivity index (χ1v) is 3.52. The van der Waals surface area contributed by atoms with Gasteiger partial charge >= 0.3 is 5.97 Å². The maximum atomic E-state index is 10.6. The fourth-order valence-corrected chi connectivity index (χ4v) is 0.579. The third-order valence-corrected chi connectivity index (χ3v) is 1.31. The summed E-state index contributed by atoms with van der Waals surface area (Å²) in [6, 6.07) is 0. The molecule has 0 bridgehead atoms. The second-order valence-corrected chi connectivity index (χ2v) is 3.64. The van der Waals surface area contributed by atoms with E-state index in [0.717, 1.165) is 6.42 Å². The Morgan fingerprint density at radius 1 is 1.40 bits per heavy atom. The summed E-state index contributed by atoms with van der Waals surface area (Å²) >= 11 is 0. The molecule has 0 saturated heterocycles. The van der Waals surface area contributed by atoms with Gasteiger partial charge in [-0.15, -0.1) is 0 Å². The molecule has 0 amide bonds. The number of esters is 1. The van der Waals surface area contributed by atoms with Crippen molar-refractivity contribution in [3.63, 3.8) is 0 Å². The molecule has 0 radical (unpaired) electrons. The molecule has 0 heterocycles. The van der Waals surface area contributed by atoms with Gasteiger partial charge in [0.2, 0.25) is 0 Å². The van der Waals surface area contributed by atoms with Crippen LogP contribution in [0.25, 0.3) is 0 Å². The first-order chi connectivity index (χ1) is 4.45. The summed E-state index contributed by atoms with van der Waals surface area (Å²) in [5, 5.41) is 0. The topological polar surface area (TPSA) is 26.3 Å². The van der Waals surface area contributed by atoms with Crippen LogP contribution < -0.4 is 0 Å². The molecule has 0 atom stereocenters. The highest BCUT2D eigenvalue weighted by molar-refractivity contribution is 5.69. The standard InChI is InChI=1S/C8H16O2/c1-8(2,3)6-5-7(9)10-4/h5-6H2,1-4H3. The minimum absolute atomic E-state index is 0.116. The third kappa shape index (κ3) is 5.60. The van der Waals surface area contributed by atoms with Crippen molar-refractivity contribution >= 4 is 5.97 Å². The molecule has 60 valence electrons. The van der Waals surface area contributed by atoms with Crippen LogP contribution in [0, 0.1) is 5.41 Å². The molecule has 0 rings (SSSR count). The Kier molecular flexibility index (Phi) is 3.40. The Hall–Kier alpha value is -0.530. The van der Waals surface area contributed by atoms with Gasteiger partial charge in [0.05, 0.1) is 7.11 Å². The zero-order valence-corrected chi connectivity index (χ0v) is 7.23. The van der Waals surface area contributed by atoms with E-state index in [-0.39, 0.29) is 11.4 Å². The van der Waals surface area contributed by atoms with Crippen molar-refractivity contribution in [3.8, 4) is 0 Å². The molecule has 0 spiro atoms. The van der Waals surface area contributed by atoms with Gasteiger partial charge in [-0.3, -0.25) is 4.79 Å². The summed E-state index contributed by atoms with van der Waals surface area (Å²) < 4.78 is 4.51. The van der Waals surface area contributed by atoms with Gasteiger partial charge in [-0.05, 0) is 11.8 Å². The normalized spacial score (nSPS) is 11.2. The van der Waals surface area contributed by atoms with Crippen molar-refractivity contribution in [2.75, 3.05) is 7.11 Å². The smallest absolute Gasteiger partial charge is 0.305 e. The maximum Gasteiger partial charge on any atom is 0.305 e. The Morgan fingerprint density at radius 2 is 1.90 bits per heavy atom. The van der Waals surface area contributed by atoms with Gasteiger partial charge in [0.25, 0.3) is 0 Å². The van der Waals surface area contributed by atoms with Crippen LogP contribution in [0.5, 0.6) is 0 Å². The fraction of sp³-hybridized carbons (Fsp3) is 0.875. The summed E-state index contributed by atoms with van der Waals surface area (Å²) in [6.07, 6.45) is 1.42. The monoisotopic (exact) mass is 144 g/mol. The molecule has 0 fully saturated rings. The van der Waals surface area contributed by atoms with Gasteiger partial charge in [0.1, 0.15) is 0 Å². The number of rotatable bonds is 2. The van der Waals surface area contributed by atoms with Crippen LogP contribution in [0.15, 0.2) is 0 Å². The highest BCUT2D eigenvalue weighted by Crippen LogP contribution is 2.20. The SMILES string of the molecule is COC(=O)CCC(C)(C)C. The molecule has 0 aliphatic rings. The molecule has 0 aromatic carbocycles. The average Bonchev–Trinajstić information content (AvgIpc) is 1.81. The molecule has 0 aromatic rings. The average molecular weight is 144 g/mol. The van der Waals surface area contributed by atoms with Gasteiger partial charge in [0, 0.05) is 6.42 Å². The van der Waals surface area contributed by atoms with E-state index in [2.05, 4.69) is 25.5 Å². The van der Waals surface area contributed by atoms with Crippen molar-refractivity contribution in [3.05, 3.63) is 0 Å². The van der Waals surface area contributed by atoms with Crippen LogP contribution in [0.2, 0.25) is 0 Å². The van der Waals surface area contributed by atoms with Gasteiger partial charge in [0.15, 0.2) is 0 Å². The van der Waals surface area contributed by atoms with E-state index >= 15 is 0 Å². The Balaban J connectivity index is 3.46. The molecule has 0 saturated carbocycles. The first-order valence-electron chi connectivity index (χ1n) is 3.52. The lowest BCUT2D eigenvalue weighted by molar-refractivity contribution is -0.141. The maximum absolute atomic E-state index is 10.6. The molecular weight excluding hydrogens is 128 g/mol. The predicted molar refractivity (Wildman–Crippen MR) is 40.7 cm³/mol. The highest BCUT2D eigenvalue weighted by atomic mass is 16.5. The second-order valence-electron chi connectivity index (χ2n) is 3.64. The number of ether oxygens (including phenoxy) is 1.